The van der Waals surface area contributed by atoms with Crippen molar-refractivity contribution >= 4 is 66.8 Å². The first-order valence-corrected chi connectivity index (χ1v) is 12.3. The quantitative estimate of drug-likeness (QED) is 0.757. The molecule has 1 fully saturated rings. The third kappa shape index (κ3) is 4.12. The molecular formula is C16H15ClN4O4S3. The minimum absolute atomic E-state index is 0.0348. The molecule has 1 atom stereocenters. The van der Waals surface area contributed by atoms with Crippen molar-refractivity contribution in [1.29, 1.82) is 0 Å². The lowest BCUT2D eigenvalue weighted by molar-refractivity contribution is -0.133. The van der Waals surface area contributed by atoms with Crippen LogP contribution in [0.1, 0.15) is 19.3 Å². The Morgan fingerprint density at radius 2 is 2.14 bits per heavy atom. The zero-order chi connectivity index (χ0) is 19.9. The van der Waals surface area contributed by atoms with Crippen LogP contribution in [-0.2, 0) is 19.4 Å². The SMILES string of the molecule is O=C(Nc1nc(-c2ccc(Cl)s2)cs1)C1=NN(C2CCS(=O)(=O)C2)C(=O)CC1. The normalized spacial score (nSPS) is 21.6. The molecule has 2 aromatic heterocycles. The van der Waals surface area contributed by atoms with E-state index in [1.54, 1.807) is 6.07 Å². The summed E-state index contributed by atoms with van der Waals surface area (Å²) in [5.41, 5.74) is 0.913. The number of sulfone groups is 1. The number of amides is 2. The van der Waals surface area contributed by atoms with Crippen molar-refractivity contribution in [1.82, 2.24) is 9.99 Å². The number of aromatic nitrogens is 1. The number of hydrogen-bond acceptors (Lipinski definition) is 8. The Morgan fingerprint density at radius 1 is 1.32 bits per heavy atom. The van der Waals surface area contributed by atoms with E-state index in [4.69, 9.17) is 11.6 Å². The second-order valence-corrected chi connectivity index (χ2v) is 11.2. The van der Waals surface area contributed by atoms with Crippen molar-refractivity contribution in [2.75, 3.05) is 16.8 Å². The lowest BCUT2D eigenvalue weighted by Gasteiger charge is -2.27. The summed E-state index contributed by atoms with van der Waals surface area (Å²) in [7, 11) is -3.16. The molecule has 4 rings (SSSR count). The number of hydrazone groups is 1. The fourth-order valence-corrected chi connectivity index (χ4v) is 6.53. The van der Waals surface area contributed by atoms with E-state index in [0.29, 0.717) is 15.9 Å². The van der Waals surface area contributed by atoms with E-state index in [1.807, 2.05) is 11.4 Å². The molecule has 12 heteroatoms. The highest BCUT2D eigenvalue weighted by Gasteiger charge is 2.37. The minimum atomic E-state index is -3.16. The molecule has 0 spiro atoms. The van der Waals surface area contributed by atoms with Crippen LogP contribution in [0.3, 0.4) is 0 Å². The first kappa shape index (κ1) is 19.5. The lowest BCUT2D eigenvalue weighted by Crippen LogP contribution is -2.42. The molecule has 0 radical (unpaired) electrons. The molecule has 2 amide bonds. The van der Waals surface area contributed by atoms with Gasteiger partial charge >= 0.3 is 0 Å². The Kier molecular flexibility index (Phi) is 5.25. The van der Waals surface area contributed by atoms with Crippen LogP contribution in [0.15, 0.2) is 22.6 Å². The zero-order valence-electron chi connectivity index (χ0n) is 14.4. The lowest BCUT2D eigenvalue weighted by atomic mass is 10.1. The van der Waals surface area contributed by atoms with Crippen LogP contribution in [-0.4, -0.2) is 53.5 Å². The summed E-state index contributed by atoms with van der Waals surface area (Å²) in [6.45, 7) is 0. The maximum atomic E-state index is 12.6. The topological polar surface area (TPSA) is 109 Å². The van der Waals surface area contributed by atoms with Crippen LogP contribution in [0.4, 0.5) is 5.13 Å². The zero-order valence-corrected chi connectivity index (χ0v) is 17.6. The molecule has 0 bridgehead atoms. The van der Waals surface area contributed by atoms with Gasteiger partial charge in [0.1, 0.15) is 5.71 Å². The second kappa shape index (κ2) is 7.54. The Bertz CT molecular complexity index is 1080. The number of rotatable bonds is 4. The van der Waals surface area contributed by atoms with Crippen molar-refractivity contribution in [3.8, 4) is 10.6 Å². The smallest absolute Gasteiger partial charge is 0.273 e. The molecule has 2 aliphatic heterocycles. The fourth-order valence-electron chi connectivity index (χ4n) is 3.05. The Balaban J connectivity index is 1.48. The van der Waals surface area contributed by atoms with E-state index in [0.717, 1.165) is 10.6 Å². The van der Waals surface area contributed by atoms with Gasteiger partial charge in [-0.15, -0.1) is 22.7 Å². The van der Waals surface area contributed by atoms with Gasteiger partial charge in [-0.05, 0) is 18.6 Å². The summed E-state index contributed by atoms with van der Waals surface area (Å²) in [6.07, 6.45) is 0.671. The highest BCUT2D eigenvalue weighted by Crippen LogP contribution is 2.33. The largest absolute Gasteiger partial charge is 0.297 e. The summed E-state index contributed by atoms with van der Waals surface area (Å²) < 4.78 is 24.0. The second-order valence-electron chi connectivity index (χ2n) is 6.44. The van der Waals surface area contributed by atoms with Gasteiger partial charge in [-0.2, -0.15) is 5.10 Å². The molecule has 28 heavy (non-hydrogen) atoms. The van der Waals surface area contributed by atoms with Crippen molar-refractivity contribution < 1.29 is 18.0 Å². The van der Waals surface area contributed by atoms with Crippen LogP contribution in [0.5, 0.6) is 0 Å². The molecule has 8 nitrogen and oxygen atoms in total. The molecule has 0 aliphatic carbocycles. The average Bonchev–Trinajstić information content (AvgIpc) is 3.35. The van der Waals surface area contributed by atoms with Crippen molar-refractivity contribution in [3.05, 3.63) is 21.8 Å². The molecular weight excluding hydrogens is 444 g/mol. The van der Waals surface area contributed by atoms with Gasteiger partial charge in [-0.1, -0.05) is 11.6 Å². The molecule has 4 heterocycles. The fraction of sp³-hybridized carbons (Fsp3) is 0.375. The Hall–Kier alpha value is -1.82. The summed E-state index contributed by atoms with van der Waals surface area (Å²) in [4.78, 5) is 30.0. The van der Waals surface area contributed by atoms with E-state index < -0.39 is 21.8 Å². The van der Waals surface area contributed by atoms with Gasteiger partial charge in [0.25, 0.3) is 5.91 Å². The van der Waals surface area contributed by atoms with Gasteiger partial charge in [0.05, 0.1) is 32.5 Å². The van der Waals surface area contributed by atoms with E-state index in [1.165, 1.54) is 27.7 Å². The molecule has 2 aromatic rings. The van der Waals surface area contributed by atoms with E-state index in [9.17, 15) is 18.0 Å². The molecule has 148 valence electrons. The number of thiophene rings is 1. The third-order valence-corrected chi connectivity index (χ3v) is 8.19. The standard InChI is InChI=1S/C16H15ClN4O4S3/c17-13-3-2-12(27-13)11-7-26-16(18-11)19-15(23)10-1-4-14(22)21(20-10)9-5-6-28(24,25)8-9/h2-3,7,9H,1,4-6,8H2,(H,18,19,23). The monoisotopic (exact) mass is 458 g/mol. The van der Waals surface area contributed by atoms with Gasteiger partial charge in [0.2, 0.25) is 5.91 Å². The van der Waals surface area contributed by atoms with Gasteiger partial charge < -0.3 is 0 Å². The van der Waals surface area contributed by atoms with Crippen molar-refractivity contribution in [2.45, 2.75) is 25.3 Å². The van der Waals surface area contributed by atoms with Crippen LogP contribution < -0.4 is 5.32 Å². The van der Waals surface area contributed by atoms with E-state index >= 15 is 0 Å². The molecule has 2 aliphatic rings. The number of nitrogens with zero attached hydrogens (tertiary/aromatic N) is 3. The number of carbonyl (C=O) groups is 2. The number of hydrogen-bond donors (Lipinski definition) is 1. The number of nitrogens with one attached hydrogen (secondary N) is 1. The molecule has 1 saturated heterocycles. The minimum Gasteiger partial charge on any atom is -0.297 e. The predicted octanol–water partition coefficient (Wildman–Crippen LogP) is 2.63. The van der Waals surface area contributed by atoms with Crippen LogP contribution in [0.2, 0.25) is 4.34 Å². The predicted molar refractivity (Wildman–Crippen MR) is 110 cm³/mol. The Labute approximate surface area is 174 Å². The summed E-state index contributed by atoms with van der Waals surface area (Å²) in [5, 5.41) is 10.3. The molecule has 0 saturated carbocycles. The number of halogens is 1. The van der Waals surface area contributed by atoms with Crippen LogP contribution in [0.25, 0.3) is 10.6 Å². The highest BCUT2D eigenvalue weighted by molar-refractivity contribution is 7.91. The molecule has 0 aromatic carbocycles. The van der Waals surface area contributed by atoms with Gasteiger partial charge in [-0.25, -0.2) is 18.4 Å². The van der Waals surface area contributed by atoms with E-state index in [2.05, 4.69) is 15.4 Å². The average molecular weight is 459 g/mol. The third-order valence-electron chi connectivity index (χ3n) is 4.43. The maximum Gasteiger partial charge on any atom is 0.273 e. The first-order chi connectivity index (χ1) is 13.3. The van der Waals surface area contributed by atoms with Crippen molar-refractivity contribution in [2.24, 2.45) is 5.10 Å². The summed E-state index contributed by atoms with van der Waals surface area (Å²) >= 11 is 8.61. The molecule has 1 unspecified atom stereocenters. The van der Waals surface area contributed by atoms with Crippen molar-refractivity contribution in [3.63, 3.8) is 0 Å². The maximum absolute atomic E-state index is 12.6. The summed E-state index contributed by atoms with van der Waals surface area (Å²) in [5.74, 6) is -0.781. The number of anilines is 1. The van der Waals surface area contributed by atoms with Crippen LogP contribution >= 0.6 is 34.3 Å². The van der Waals surface area contributed by atoms with Crippen LogP contribution in [0, 0.1) is 0 Å². The number of carbonyl (C=O) groups excluding carboxylic acids is 2. The number of thiazole rings is 1. The summed E-state index contributed by atoms with van der Waals surface area (Å²) in [6, 6.07) is 3.14. The highest BCUT2D eigenvalue weighted by atomic mass is 35.5. The van der Waals surface area contributed by atoms with Gasteiger partial charge in [-0.3, -0.25) is 14.9 Å². The first-order valence-electron chi connectivity index (χ1n) is 8.43. The van der Waals surface area contributed by atoms with Gasteiger partial charge in [0.15, 0.2) is 15.0 Å². The molecule has 1 N–H and O–H groups in total. The van der Waals surface area contributed by atoms with Gasteiger partial charge in [0, 0.05) is 18.2 Å². The Morgan fingerprint density at radius 3 is 2.82 bits per heavy atom. The van der Waals surface area contributed by atoms with E-state index in [-0.39, 0.29) is 36.0 Å².